The average Bonchev–Trinajstić information content (AvgIpc) is 3.09. The van der Waals surface area contributed by atoms with Crippen molar-refractivity contribution in [2.45, 2.75) is 18.8 Å². The molecule has 0 saturated heterocycles. The lowest BCUT2D eigenvalue weighted by Gasteiger charge is -1.98. The Hall–Kier alpha value is -1.95. The summed E-state index contributed by atoms with van der Waals surface area (Å²) in [6.45, 7) is 0. The van der Waals surface area contributed by atoms with Gasteiger partial charge in [0.15, 0.2) is 0 Å². The van der Waals surface area contributed by atoms with Crippen LogP contribution in [0.5, 0.6) is 0 Å². The van der Waals surface area contributed by atoms with E-state index in [-0.39, 0.29) is 0 Å². The van der Waals surface area contributed by atoms with E-state index < -0.39 is 5.97 Å². The summed E-state index contributed by atoms with van der Waals surface area (Å²) >= 11 is 1.17. The summed E-state index contributed by atoms with van der Waals surface area (Å²) in [5.74, 6) is -0.229. The van der Waals surface area contributed by atoms with E-state index in [1.807, 2.05) is 6.07 Å². The third-order valence-corrected chi connectivity index (χ3v) is 3.97. The van der Waals surface area contributed by atoms with Crippen molar-refractivity contribution < 1.29 is 9.90 Å². The number of rotatable bonds is 3. The summed E-state index contributed by atoms with van der Waals surface area (Å²) in [4.78, 5) is 20.0. The van der Waals surface area contributed by atoms with Crippen LogP contribution >= 0.6 is 11.3 Å². The van der Waals surface area contributed by atoms with Gasteiger partial charge in [0.2, 0.25) is 0 Å². The van der Waals surface area contributed by atoms with E-state index in [2.05, 4.69) is 9.97 Å². The van der Waals surface area contributed by atoms with Crippen molar-refractivity contribution >= 4 is 23.1 Å². The SMILES string of the molecule is Nc1ncccc1-c1nc(C2CC2)c(C(=O)O)s1. The van der Waals surface area contributed by atoms with Crippen molar-refractivity contribution in [1.29, 1.82) is 0 Å². The summed E-state index contributed by atoms with van der Waals surface area (Å²) < 4.78 is 0. The molecule has 1 aliphatic rings. The van der Waals surface area contributed by atoms with E-state index in [0.717, 1.165) is 12.8 Å². The van der Waals surface area contributed by atoms with E-state index in [1.165, 1.54) is 11.3 Å². The summed E-state index contributed by atoms with van der Waals surface area (Å²) in [5, 5.41) is 9.83. The number of anilines is 1. The number of carboxylic acid groups (broad SMARTS) is 1. The van der Waals surface area contributed by atoms with Gasteiger partial charge < -0.3 is 10.8 Å². The van der Waals surface area contributed by atoms with Gasteiger partial charge in [-0.05, 0) is 25.0 Å². The second-order valence-electron chi connectivity index (χ2n) is 4.25. The van der Waals surface area contributed by atoms with Crippen molar-refractivity contribution in [3.8, 4) is 10.6 Å². The lowest BCUT2D eigenvalue weighted by atomic mass is 10.2. The number of nitrogens with zero attached hydrogens (tertiary/aromatic N) is 2. The van der Waals surface area contributed by atoms with Gasteiger partial charge in [0, 0.05) is 12.1 Å². The molecule has 0 amide bonds. The van der Waals surface area contributed by atoms with E-state index in [1.54, 1.807) is 12.3 Å². The van der Waals surface area contributed by atoms with Crippen LogP contribution in [0.3, 0.4) is 0 Å². The van der Waals surface area contributed by atoms with Gasteiger partial charge in [0.25, 0.3) is 0 Å². The topological polar surface area (TPSA) is 89.1 Å². The maximum absolute atomic E-state index is 11.2. The first-order valence-corrected chi connectivity index (χ1v) is 6.43. The zero-order valence-corrected chi connectivity index (χ0v) is 10.3. The number of thiazole rings is 1. The van der Waals surface area contributed by atoms with Crippen LogP contribution in [0.25, 0.3) is 10.6 Å². The molecule has 3 rings (SSSR count). The molecule has 1 fully saturated rings. The lowest BCUT2D eigenvalue weighted by molar-refractivity contribution is 0.0700. The fourth-order valence-corrected chi connectivity index (χ4v) is 2.86. The fourth-order valence-electron chi connectivity index (χ4n) is 1.83. The van der Waals surface area contributed by atoms with Crippen LogP contribution in [-0.2, 0) is 0 Å². The Balaban J connectivity index is 2.11. The predicted molar refractivity (Wildman–Crippen MR) is 68.7 cm³/mol. The molecule has 0 bridgehead atoms. The van der Waals surface area contributed by atoms with Gasteiger partial charge in [-0.25, -0.2) is 14.8 Å². The van der Waals surface area contributed by atoms with Crippen molar-refractivity contribution in [2.75, 3.05) is 5.73 Å². The van der Waals surface area contributed by atoms with Gasteiger partial charge in [-0.15, -0.1) is 11.3 Å². The van der Waals surface area contributed by atoms with Crippen molar-refractivity contribution in [1.82, 2.24) is 9.97 Å². The Morgan fingerprint density at radius 2 is 2.28 bits per heavy atom. The number of nitrogens with two attached hydrogens (primary N) is 1. The first kappa shape index (κ1) is 11.2. The van der Waals surface area contributed by atoms with Crippen LogP contribution < -0.4 is 5.73 Å². The van der Waals surface area contributed by atoms with E-state index in [4.69, 9.17) is 5.73 Å². The standard InChI is InChI=1S/C12H11N3O2S/c13-10-7(2-1-5-14-10)11-15-8(6-3-4-6)9(18-11)12(16)17/h1-2,5-6H,3-4H2,(H2,13,14)(H,16,17). The summed E-state index contributed by atoms with van der Waals surface area (Å²) in [5.41, 5.74) is 7.19. The maximum Gasteiger partial charge on any atom is 0.347 e. The molecule has 0 radical (unpaired) electrons. The highest BCUT2D eigenvalue weighted by molar-refractivity contribution is 7.17. The minimum atomic E-state index is -0.914. The molecule has 3 N–H and O–H groups in total. The molecule has 1 saturated carbocycles. The van der Waals surface area contributed by atoms with Crippen molar-refractivity contribution in [2.24, 2.45) is 0 Å². The van der Waals surface area contributed by atoms with Crippen molar-refractivity contribution in [3.05, 3.63) is 28.9 Å². The van der Waals surface area contributed by atoms with Gasteiger partial charge in [-0.3, -0.25) is 0 Å². The molecule has 0 aromatic carbocycles. The molecular weight excluding hydrogens is 250 g/mol. The average molecular weight is 261 g/mol. The van der Waals surface area contributed by atoms with Gasteiger partial charge in [0.05, 0.1) is 11.3 Å². The number of nitrogen functional groups attached to an aromatic ring is 1. The lowest BCUT2D eigenvalue weighted by Crippen LogP contribution is -1.97. The summed E-state index contributed by atoms with van der Waals surface area (Å²) in [6, 6.07) is 3.58. The zero-order chi connectivity index (χ0) is 12.7. The number of pyridine rings is 1. The van der Waals surface area contributed by atoms with E-state index in [0.29, 0.717) is 32.9 Å². The second-order valence-corrected chi connectivity index (χ2v) is 5.25. The number of hydrogen-bond acceptors (Lipinski definition) is 5. The third kappa shape index (κ3) is 1.84. The molecule has 6 heteroatoms. The Kier molecular flexibility index (Phi) is 2.52. The smallest absolute Gasteiger partial charge is 0.347 e. The Bertz CT molecular complexity index is 620. The Morgan fingerprint density at radius 3 is 2.89 bits per heavy atom. The zero-order valence-electron chi connectivity index (χ0n) is 9.46. The number of aromatic carboxylic acids is 1. The normalized spacial score (nSPS) is 14.7. The van der Waals surface area contributed by atoms with Crippen LogP contribution in [0.15, 0.2) is 18.3 Å². The van der Waals surface area contributed by atoms with Gasteiger partial charge in [0.1, 0.15) is 15.7 Å². The molecule has 0 unspecified atom stereocenters. The maximum atomic E-state index is 11.2. The molecule has 2 heterocycles. The van der Waals surface area contributed by atoms with Crippen molar-refractivity contribution in [3.63, 3.8) is 0 Å². The molecule has 5 nitrogen and oxygen atoms in total. The van der Waals surface area contributed by atoms with E-state index in [9.17, 15) is 9.90 Å². The van der Waals surface area contributed by atoms with Gasteiger partial charge in [-0.1, -0.05) is 0 Å². The Labute approximate surface area is 107 Å². The highest BCUT2D eigenvalue weighted by Crippen LogP contribution is 2.44. The number of carbonyl (C=O) groups is 1. The second kappa shape index (κ2) is 4.06. The molecule has 1 aliphatic carbocycles. The molecule has 18 heavy (non-hydrogen) atoms. The fraction of sp³-hybridized carbons (Fsp3) is 0.250. The largest absolute Gasteiger partial charge is 0.477 e. The van der Waals surface area contributed by atoms with Crippen LogP contribution in [-0.4, -0.2) is 21.0 Å². The molecule has 2 aromatic rings. The monoisotopic (exact) mass is 261 g/mol. The van der Waals surface area contributed by atoms with Gasteiger partial charge >= 0.3 is 5.97 Å². The van der Waals surface area contributed by atoms with Crippen LogP contribution in [0.2, 0.25) is 0 Å². The first-order valence-electron chi connectivity index (χ1n) is 5.61. The summed E-state index contributed by atoms with van der Waals surface area (Å²) in [7, 11) is 0. The molecule has 2 aromatic heterocycles. The summed E-state index contributed by atoms with van der Waals surface area (Å²) in [6.07, 6.45) is 3.64. The van der Waals surface area contributed by atoms with Crippen LogP contribution in [0, 0.1) is 0 Å². The van der Waals surface area contributed by atoms with Crippen LogP contribution in [0.4, 0.5) is 5.82 Å². The molecule has 0 aliphatic heterocycles. The molecular formula is C12H11N3O2S. The Morgan fingerprint density at radius 1 is 1.50 bits per heavy atom. The third-order valence-electron chi connectivity index (χ3n) is 2.88. The van der Waals surface area contributed by atoms with Crippen LogP contribution in [0.1, 0.15) is 34.1 Å². The molecule has 0 atom stereocenters. The molecule has 0 spiro atoms. The predicted octanol–water partition coefficient (Wildman–Crippen LogP) is 2.36. The minimum absolute atomic E-state index is 0.305. The van der Waals surface area contributed by atoms with Gasteiger partial charge in [-0.2, -0.15) is 0 Å². The number of carboxylic acids is 1. The quantitative estimate of drug-likeness (QED) is 0.885. The molecule has 92 valence electrons. The number of aromatic nitrogens is 2. The highest BCUT2D eigenvalue weighted by atomic mass is 32.1. The first-order chi connectivity index (χ1) is 8.66. The number of hydrogen-bond donors (Lipinski definition) is 2. The highest BCUT2D eigenvalue weighted by Gasteiger charge is 2.32. The minimum Gasteiger partial charge on any atom is -0.477 e. The van der Waals surface area contributed by atoms with E-state index >= 15 is 0 Å².